The molecular formula is C13H17N3O. The minimum Gasteiger partial charge on any atom is -0.497 e. The fourth-order valence-corrected chi connectivity index (χ4v) is 1.70. The topological polar surface area (TPSA) is 39.1 Å². The normalized spacial score (nSPS) is 10.2. The summed E-state index contributed by atoms with van der Waals surface area (Å²) in [6.45, 7) is 3.78. The molecule has 1 N–H and O–H groups in total. The fraction of sp³-hybridized carbons (Fsp3) is 0.308. The van der Waals surface area contributed by atoms with Gasteiger partial charge in [0.25, 0.3) is 0 Å². The van der Waals surface area contributed by atoms with Crippen LogP contribution in [0.25, 0.3) is 0 Å². The fourth-order valence-electron chi connectivity index (χ4n) is 1.70. The third-order valence-corrected chi connectivity index (χ3v) is 2.65. The lowest BCUT2D eigenvalue weighted by molar-refractivity contribution is 0.414. The molecule has 90 valence electrons. The van der Waals surface area contributed by atoms with Gasteiger partial charge < -0.3 is 10.1 Å². The molecular weight excluding hydrogens is 214 g/mol. The van der Waals surface area contributed by atoms with Crippen LogP contribution in [-0.2, 0) is 6.54 Å². The number of methoxy groups -OCH3 is 1. The van der Waals surface area contributed by atoms with Gasteiger partial charge >= 0.3 is 0 Å². The maximum Gasteiger partial charge on any atom is 0.119 e. The minimum atomic E-state index is 0.856. The molecule has 4 nitrogen and oxygen atoms in total. The number of benzene rings is 1. The van der Waals surface area contributed by atoms with Gasteiger partial charge in [0, 0.05) is 24.6 Å². The van der Waals surface area contributed by atoms with Crippen molar-refractivity contribution in [2.45, 2.75) is 13.5 Å². The number of aryl methyl sites for hydroxylation is 1. The first-order valence-electron chi connectivity index (χ1n) is 5.65. The molecule has 1 aromatic heterocycles. The molecule has 0 aliphatic heterocycles. The predicted molar refractivity (Wildman–Crippen MR) is 68.4 cm³/mol. The summed E-state index contributed by atoms with van der Waals surface area (Å²) < 4.78 is 7.08. The van der Waals surface area contributed by atoms with E-state index >= 15 is 0 Å². The van der Waals surface area contributed by atoms with Crippen molar-refractivity contribution < 1.29 is 4.74 Å². The smallest absolute Gasteiger partial charge is 0.119 e. The molecule has 0 aliphatic carbocycles. The zero-order chi connectivity index (χ0) is 12.1. The van der Waals surface area contributed by atoms with Crippen molar-refractivity contribution in [3.63, 3.8) is 0 Å². The van der Waals surface area contributed by atoms with E-state index in [1.165, 1.54) is 5.56 Å². The zero-order valence-electron chi connectivity index (χ0n) is 10.2. The molecule has 0 saturated carbocycles. The highest BCUT2D eigenvalue weighted by molar-refractivity contribution is 5.53. The molecule has 0 atom stereocenters. The van der Waals surface area contributed by atoms with Crippen molar-refractivity contribution in [2.75, 3.05) is 19.0 Å². The monoisotopic (exact) mass is 231 g/mol. The molecule has 2 rings (SSSR count). The second-order valence-corrected chi connectivity index (χ2v) is 3.88. The number of nitrogens with zero attached hydrogens (tertiary/aromatic N) is 2. The summed E-state index contributed by atoms with van der Waals surface area (Å²) in [6.07, 6.45) is 3.75. The molecule has 0 saturated heterocycles. The number of ether oxygens (including phenoxy) is 1. The van der Waals surface area contributed by atoms with E-state index in [1.54, 1.807) is 13.3 Å². The quantitative estimate of drug-likeness (QED) is 0.858. The molecule has 0 amide bonds. The molecule has 0 spiro atoms. The van der Waals surface area contributed by atoms with E-state index in [2.05, 4.69) is 17.3 Å². The second-order valence-electron chi connectivity index (χ2n) is 3.88. The van der Waals surface area contributed by atoms with E-state index in [-0.39, 0.29) is 0 Å². The van der Waals surface area contributed by atoms with Crippen LogP contribution in [0.5, 0.6) is 5.75 Å². The molecule has 1 aromatic carbocycles. The first-order chi connectivity index (χ1) is 8.29. The highest BCUT2D eigenvalue weighted by atomic mass is 16.5. The van der Waals surface area contributed by atoms with Crippen LogP contribution in [0.4, 0.5) is 5.69 Å². The van der Waals surface area contributed by atoms with Crippen LogP contribution in [0, 0.1) is 6.92 Å². The summed E-state index contributed by atoms with van der Waals surface area (Å²) in [5, 5.41) is 7.54. The Morgan fingerprint density at radius 2 is 2.29 bits per heavy atom. The van der Waals surface area contributed by atoms with Crippen molar-refractivity contribution in [3.05, 3.63) is 42.2 Å². The van der Waals surface area contributed by atoms with Crippen molar-refractivity contribution >= 4 is 5.69 Å². The summed E-state index contributed by atoms with van der Waals surface area (Å²) in [5.41, 5.74) is 2.32. The number of rotatable bonds is 5. The summed E-state index contributed by atoms with van der Waals surface area (Å²) in [7, 11) is 1.68. The maximum atomic E-state index is 5.17. The van der Waals surface area contributed by atoms with Gasteiger partial charge in [0.1, 0.15) is 5.75 Å². The van der Waals surface area contributed by atoms with Gasteiger partial charge in [0.2, 0.25) is 0 Å². The number of nitrogens with one attached hydrogen (secondary N) is 1. The number of aromatic nitrogens is 2. The lowest BCUT2D eigenvalue weighted by Crippen LogP contribution is -2.11. The molecule has 17 heavy (non-hydrogen) atoms. The molecule has 0 bridgehead atoms. The Kier molecular flexibility index (Phi) is 3.65. The molecule has 0 aliphatic rings. The predicted octanol–water partition coefficient (Wildman–Crippen LogP) is 2.31. The van der Waals surface area contributed by atoms with Crippen molar-refractivity contribution in [3.8, 4) is 5.75 Å². The number of anilines is 1. The van der Waals surface area contributed by atoms with Gasteiger partial charge in [0.05, 0.1) is 13.7 Å². The summed E-state index contributed by atoms with van der Waals surface area (Å²) in [4.78, 5) is 0. The Hall–Kier alpha value is -1.97. The van der Waals surface area contributed by atoms with Crippen LogP contribution in [0.1, 0.15) is 5.56 Å². The van der Waals surface area contributed by atoms with Crippen LogP contribution < -0.4 is 10.1 Å². The first kappa shape index (κ1) is 11.5. The highest BCUT2D eigenvalue weighted by Gasteiger charge is 1.99. The van der Waals surface area contributed by atoms with Gasteiger partial charge in [-0.25, -0.2) is 0 Å². The first-order valence-corrected chi connectivity index (χ1v) is 5.65. The van der Waals surface area contributed by atoms with Crippen LogP contribution in [0.3, 0.4) is 0 Å². The largest absolute Gasteiger partial charge is 0.497 e. The molecule has 4 heteroatoms. The summed E-state index contributed by atoms with van der Waals surface area (Å²) in [5.74, 6) is 0.889. The van der Waals surface area contributed by atoms with Crippen LogP contribution in [-0.4, -0.2) is 23.4 Å². The van der Waals surface area contributed by atoms with Crippen LogP contribution >= 0.6 is 0 Å². The Morgan fingerprint density at radius 3 is 2.94 bits per heavy atom. The molecule has 0 unspecified atom stereocenters. The van der Waals surface area contributed by atoms with E-state index in [0.717, 1.165) is 24.5 Å². The van der Waals surface area contributed by atoms with Gasteiger partial charge in [-0.1, -0.05) is 0 Å². The lowest BCUT2D eigenvalue weighted by atomic mass is 10.2. The van der Waals surface area contributed by atoms with E-state index in [1.807, 2.05) is 35.1 Å². The number of hydrogen-bond acceptors (Lipinski definition) is 3. The highest BCUT2D eigenvalue weighted by Crippen LogP contribution is 2.20. The average Bonchev–Trinajstić information content (AvgIpc) is 2.84. The van der Waals surface area contributed by atoms with E-state index < -0.39 is 0 Å². The van der Waals surface area contributed by atoms with Crippen molar-refractivity contribution in [2.24, 2.45) is 0 Å². The third kappa shape index (κ3) is 3.00. The van der Waals surface area contributed by atoms with Crippen molar-refractivity contribution in [1.29, 1.82) is 0 Å². The standard InChI is InChI=1S/C13H17N3O/c1-11-10-12(17-2)4-5-13(11)14-7-9-16-8-3-6-15-16/h3-6,8,10,14H,7,9H2,1-2H3. The molecule has 2 aromatic rings. The second kappa shape index (κ2) is 5.39. The van der Waals surface area contributed by atoms with Gasteiger partial charge in [-0.15, -0.1) is 0 Å². The van der Waals surface area contributed by atoms with Gasteiger partial charge in [0.15, 0.2) is 0 Å². The Morgan fingerprint density at radius 1 is 1.41 bits per heavy atom. The van der Waals surface area contributed by atoms with Crippen LogP contribution in [0.2, 0.25) is 0 Å². The molecule has 1 heterocycles. The molecule has 0 fully saturated rings. The third-order valence-electron chi connectivity index (χ3n) is 2.65. The van der Waals surface area contributed by atoms with Gasteiger partial charge in [-0.05, 0) is 36.8 Å². The lowest BCUT2D eigenvalue weighted by Gasteiger charge is -2.10. The summed E-state index contributed by atoms with van der Waals surface area (Å²) in [6, 6.07) is 7.95. The van der Waals surface area contributed by atoms with E-state index in [0.29, 0.717) is 0 Å². The SMILES string of the molecule is COc1ccc(NCCn2cccn2)c(C)c1. The minimum absolute atomic E-state index is 0.856. The number of hydrogen-bond donors (Lipinski definition) is 1. The zero-order valence-corrected chi connectivity index (χ0v) is 10.2. The van der Waals surface area contributed by atoms with Crippen molar-refractivity contribution in [1.82, 2.24) is 9.78 Å². The van der Waals surface area contributed by atoms with E-state index in [4.69, 9.17) is 4.74 Å². The van der Waals surface area contributed by atoms with Gasteiger partial charge in [-0.3, -0.25) is 4.68 Å². The molecule has 0 radical (unpaired) electrons. The Bertz CT molecular complexity index is 466. The summed E-state index contributed by atoms with van der Waals surface area (Å²) >= 11 is 0. The Balaban J connectivity index is 1.90. The van der Waals surface area contributed by atoms with Gasteiger partial charge in [-0.2, -0.15) is 5.10 Å². The van der Waals surface area contributed by atoms with E-state index in [9.17, 15) is 0 Å². The maximum absolute atomic E-state index is 5.17. The average molecular weight is 231 g/mol. The van der Waals surface area contributed by atoms with Crippen LogP contribution in [0.15, 0.2) is 36.7 Å². The Labute approximate surface area is 101 Å².